The number of nitrogens with zero attached hydrogens (tertiary/aromatic N) is 5. The molecule has 0 saturated carbocycles. The van der Waals surface area contributed by atoms with Crippen LogP contribution in [0.25, 0.3) is 6.08 Å². The topological polar surface area (TPSA) is 64.6 Å². The highest BCUT2D eigenvalue weighted by molar-refractivity contribution is 8.03. The third-order valence-corrected chi connectivity index (χ3v) is 6.56. The molecule has 4 rings (SSSR count). The Bertz CT molecular complexity index is 687. The molecule has 3 aliphatic rings. The van der Waals surface area contributed by atoms with Gasteiger partial charge in [-0.3, -0.25) is 4.79 Å². The predicted octanol–water partition coefficient (Wildman–Crippen LogP) is 1.10. The van der Waals surface area contributed by atoms with E-state index in [1.807, 2.05) is 24.0 Å². The number of amides is 1. The number of anilines is 1. The Morgan fingerprint density at radius 1 is 1.22 bits per heavy atom. The zero-order chi connectivity index (χ0) is 18.6. The summed E-state index contributed by atoms with van der Waals surface area (Å²) < 4.78 is 0. The lowest BCUT2D eigenvalue weighted by molar-refractivity contribution is -0.137. The van der Waals surface area contributed by atoms with Gasteiger partial charge in [0.05, 0.1) is 5.69 Å². The largest absolute Gasteiger partial charge is 0.341 e. The number of rotatable bonds is 3. The van der Waals surface area contributed by atoms with E-state index in [2.05, 4.69) is 38.1 Å². The molecular weight excluding hydrogens is 360 g/mol. The van der Waals surface area contributed by atoms with Crippen LogP contribution in [0.3, 0.4) is 0 Å². The molecule has 0 atom stereocenters. The van der Waals surface area contributed by atoms with E-state index in [-0.39, 0.29) is 5.92 Å². The lowest BCUT2D eigenvalue weighted by atomic mass is 9.95. The number of aromatic nitrogens is 2. The first-order chi connectivity index (χ1) is 13.2. The minimum Gasteiger partial charge on any atom is -0.341 e. The Morgan fingerprint density at radius 2 is 2.00 bits per heavy atom. The maximum Gasteiger partial charge on any atom is 0.225 e. The van der Waals surface area contributed by atoms with Crippen molar-refractivity contribution >= 4 is 29.7 Å². The molecular formula is C19H28N6OS. The van der Waals surface area contributed by atoms with E-state index in [9.17, 15) is 4.79 Å². The minimum absolute atomic E-state index is 0.149. The van der Waals surface area contributed by atoms with Crippen LogP contribution in [0.5, 0.6) is 0 Å². The van der Waals surface area contributed by atoms with Crippen LogP contribution in [-0.4, -0.2) is 84.4 Å². The van der Waals surface area contributed by atoms with E-state index >= 15 is 0 Å². The van der Waals surface area contributed by atoms with Gasteiger partial charge in [0.25, 0.3) is 0 Å². The Balaban J connectivity index is 1.34. The molecule has 1 amide bonds. The summed E-state index contributed by atoms with van der Waals surface area (Å²) in [6.45, 7) is 6.30. The molecule has 0 aromatic carbocycles. The first-order valence-electron chi connectivity index (χ1n) is 9.78. The smallest absolute Gasteiger partial charge is 0.225 e. The summed E-state index contributed by atoms with van der Waals surface area (Å²) in [6, 6.07) is 1.96. The molecule has 8 heteroatoms. The number of piperidine rings is 1. The van der Waals surface area contributed by atoms with Crippen molar-refractivity contribution in [2.75, 3.05) is 63.6 Å². The summed E-state index contributed by atoms with van der Waals surface area (Å²) in [5, 5.41) is 3.32. The van der Waals surface area contributed by atoms with Gasteiger partial charge in [-0.2, -0.15) is 0 Å². The summed E-state index contributed by atoms with van der Waals surface area (Å²) in [7, 11) is 2.12. The molecule has 0 aliphatic carbocycles. The molecule has 7 nitrogen and oxygen atoms in total. The Kier molecular flexibility index (Phi) is 5.95. The predicted molar refractivity (Wildman–Crippen MR) is 109 cm³/mol. The summed E-state index contributed by atoms with van der Waals surface area (Å²) >= 11 is 1.83. The number of hydrogen-bond donors (Lipinski definition) is 1. The third-order valence-electron chi connectivity index (χ3n) is 5.57. The third kappa shape index (κ3) is 4.62. The Labute approximate surface area is 165 Å². The molecule has 3 aliphatic heterocycles. The lowest BCUT2D eigenvalue weighted by Crippen LogP contribution is -2.50. The zero-order valence-corrected chi connectivity index (χ0v) is 16.7. The fraction of sp³-hybridized carbons (Fsp3) is 0.632. The highest BCUT2D eigenvalue weighted by Crippen LogP contribution is 2.25. The van der Waals surface area contributed by atoms with Crippen LogP contribution in [0, 0.1) is 5.92 Å². The van der Waals surface area contributed by atoms with Crippen LogP contribution in [0.4, 0.5) is 5.95 Å². The molecule has 146 valence electrons. The molecule has 0 unspecified atom stereocenters. The van der Waals surface area contributed by atoms with Crippen LogP contribution in [0.2, 0.25) is 0 Å². The fourth-order valence-corrected chi connectivity index (χ4v) is 4.63. The molecule has 4 heterocycles. The number of thioether (sulfide) groups is 1. The number of likely N-dealkylation sites (N-methyl/N-ethyl adjacent to an activating group) is 1. The van der Waals surface area contributed by atoms with Gasteiger partial charge in [-0.25, -0.2) is 9.97 Å². The average molecular weight is 389 g/mol. The van der Waals surface area contributed by atoms with Crippen LogP contribution in [0.15, 0.2) is 17.2 Å². The van der Waals surface area contributed by atoms with Crippen molar-refractivity contribution in [2.45, 2.75) is 12.8 Å². The monoisotopic (exact) mass is 388 g/mol. The second-order valence-corrected chi connectivity index (χ2v) is 8.60. The average Bonchev–Trinajstić information content (AvgIpc) is 3.21. The van der Waals surface area contributed by atoms with Crippen LogP contribution in [-0.2, 0) is 4.79 Å². The fourth-order valence-electron chi connectivity index (χ4n) is 3.83. The summed E-state index contributed by atoms with van der Waals surface area (Å²) in [5.74, 6) is 2.24. The zero-order valence-electron chi connectivity index (χ0n) is 15.9. The van der Waals surface area contributed by atoms with Crippen molar-refractivity contribution in [1.29, 1.82) is 0 Å². The minimum atomic E-state index is 0.149. The van der Waals surface area contributed by atoms with Crippen molar-refractivity contribution in [3.8, 4) is 0 Å². The SMILES string of the molecule is CN1CCN(C(=O)C2CCN(c3nccc(/C=C4/CNCS4)n3)CC2)CC1. The Morgan fingerprint density at radius 3 is 2.70 bits per heavy atom. The maximum atomic E-state index is 12.8. The van der Waals surface area contributed by atoms with Crippen molar-refractivity contribution < 1.29 is 4.79 Å². The number of piperazine rings is 1. The van der Waals surface area contributed by atoms with Gasteiger partial charge in [-0.05, 0) is 32.0 Å². The van der Waals surface area contributed by atoms with E-state index in [4.69, 9.17) is 4.98 Å². The number of carbonyl (C=O) groups is 1. The summed E-state index contributed by atoms with van der Waals surface area (Å²) in [5.41, 5.74) is 0.960. The van der Waals surface area contributed by atoms with Gasteiger partial charge in [-0.15, -0.1) is 11.8 Å². The quantitative estimate of drug-likeness (QED) is 0.832. The molecule has 0 radical (unpaired) electrons. The normalized spacial score (nSPS) is 24.0. The van der Waals surface area contributed by atoms with E-state index in [0.29, 0.717) is 5.91 Å². The van der Waals surface area contributed by atoms with Crippen LogP contribution in [0.1, 0.15) is 18.5 Å². The van der Waals surface area contributed by atoms with Gasteiger partial charge < -0.3 is 20.0 Å². The molecule has 0 spiro atoms. The van der Waals surface area contributed by atoms with E-state index in [1.54, 1.807) is 0 Å². The molecule has 1 aromatic heterocycles. The Hall–Kier alpha value is -1.64. The standard InChI is InChI=1S/C19H28N6OS/c1-23-8-10-24(11-9-23)18(26)15-3-6-25(7-4-15)19-21-5-2-16(22-19)12-17-13-20-14-27-17/h2,5,12,15,20H,3-4,6-11,13-14H2,1H3/b17-12-. The van der Waals surface area contributed by atoms with Gasteiger partial charge in [0.1, 0.15) is 0 Å². The van der Waals surface area contributed by atoms with E-state index in [1.165, 1.54) is 4.91 Å². The molecule has 0 bridgehead atoms. The lowest BCUT2D eigenvalue weighted by Gasteiger charge is -2.37. The molecule has 3 saturated heterocycles. The first kappa shape index (κ1) is 18.7. The van der Waals surface area contributed by atoms with E-state index < -0.39 is 0 Å². The van der Waals surface area contributed by atoms with Crippen LogP contribution < -0.4 is 10.2 Å². The molecule has 27 heavy (non-hydrogen) atoms. The van der Waals surface area contributed by atoms with Gasteiger partial charge in [0, 0.05) is 68.7 Å². The second kappa shape index (κ2) is 8.58. The number of carbonyl (C=O) groups excluding carboxylic acids is 1. The molecule has 1 aromatic rings. The van der Waals surface area contributed by atoms with Gasteiger partial charge in [0.15, 0.2) is 0 Å². The van der Waals surface area contributed by atoms with Gasteiger partial charge in [-0.1, -0.05) is 0 Å². The van der Waals surface area contributed by atoms with Gasteiger partial charge in [0.2, 0.25) is 11.9 Å². The summed E-state index contributed by atoms with van der Waals surface area (Å²) in [6.07, 6.45) is 5.75. The molecule has 1 N–H and O–H groups in total. The van der Waals surface area contributed by atoms with Crippen molar-refractivity contribution in [3.63, 3.8) is 0 Å². The number of nitrogens with one attached hydrogen (secondary N) is 1. The first-order valence-corrected chi connectivity index (χ1v) is 10.8. The maximum absolute atomic E-state index is 12.8. The van der Waals surface area contributed by atoms with Gasteiger partial charge >= 0.3 is 0 Å². The van der Waals surface area contributed by atoms with Crippen molar-refractivity contribution in [3.05, 3.63) is 22.9 Å². The summed E-state index contributed by atoms with van der Waals surface area (Å²) in [4.78, 5) is 29.9. The molecule has 3 fully saturated rings. The van der Waals surface area contributed by atoms with Crippen molar-refractivity contribution in [1.82, 2.24) is 25.1 Å². The second-order valence-electron chi connectivity index (χ2n) is 7.50. The van der Waals surface area contributed by atoms with Crippen molar-refractivity contribution in [2.24, 2.45) is 5.92 Å². The van der Waals surface area contributed by atoms with E-state index in [0.717, 1.165) is 76.2 Å². The highest BCUT2D eigenvalue weighted by Gasteiger charge is 2.30. The number of hydrogen-bond acceptors (Lipinski definition) is 7. The highest BCUT2D eigenvalue weighted by atomic mass is 32.2. The van der Waals surface area contributed by atoms with Crippen LogP contribution >= 0.6 is 11.8 Å².